The molecule has 0 fully saturated rings. The summed E-state index contributed by atoms with van der Waals surface area (Å²) in [6.07, 6.45) is 3.31. The van der Waals surface area contributed by atoms with E-state index >= 15 is 0 Å². The third-order valence-electron chi connectivity index (χ3n) is 1.87. The van der Waals surface area contributed by atoms with Crippen LogP contribution in [0.25, 0.3) is 10.8 Å². The first kappa shape index (κ1) is 9.11. The number of rotatable bonds is 2. The largest absolute Gasteiger partial charge is 0.755 e. The van der Waals surface area contributed by atoms with Crippen LogP contribution in [0.15, 0.2) is 36.7 Å². The van der Waals surface area contributed by atoms with E-state index in [-0.39, 0.29) is 0 Å². The highest BCUT2D eigenvalue weighted by molar-refractivity contribution is 7.80. The Balaban J connectivity index is 2.59. The highest BCUT2D eigenvalue weighted by Crippen LogP contribution is 2.21. The van der Waals surface area contributed by atoms with Gasteiger partial charge in [-0.1, -0.05) is 12.1 Å². The number of fused-ring (bicyclic) bond motifs is 1. The van der Waals surface area contributed by atoms with Gasteiger partial charge in [-0.25, -0.2) is 0 Å². The molecule has 72 valence electrons. The molecule has 0 aliphatic rings. The number of hydrogen-bond acceptors (Lipinski definition) is 3. The fourth-order valence-corrected chi connectivity index (χ4v) is 1.66. The number of nitrogens with one attached hydrogen (secondary N) is 1. The fraction of sp³-hybridized carbons (Fsp3) is 0. The standard InChI is InChI=1S/C9H8N2O2S/c12-14(13)11-9-3-1-2-7-6-10-5-4-8(7)9/h1-6,11H,(H,12,13)/p-1. The van der Waals surface area contributed by atoms with Crippen LogP contribution in [-0.2, 0) is 11.3 Å². The Morgan fingerprint density at radius 3 is 3.00 bits per heavy atom. The van der Waals surface area contributed by atoms with Crippen molar-refractivity contribution in [1.82, 2.24) is 4.98 Å². The van der Waals surface area contributed by atoms with Crippen molar-refractivity contribution in [3.05, 3.63) is 36.7 Å². The molecule has 1 atom stereocenters. The van der Waals surface area contributed by atoms with E-state index in [2.05, 4.69) is 9.71 Å². The summed E-state index contributed by atoms with van der Waals surface area (Å²) in [5, 5.41) is 1.75. The summed E-state index contributed by atoms with van der Waals surface area (Å²) in [6, 6.07) is 7.13. The lowest BCUT2D eigenvalue weighted by Crippen LogP contribution is -2.02. The van der Waals surface area contributed by atoms with Crippen LogP contribution in [0.2, 0.25) is 0 Å². The van der Waals surface area contributed by atoms with Gasteiger partial charge in [0.2, 0.25) is 0 Å². The van der Waals surface area contributed by atoms with Crippen molar-refractivity contribution in [2.45, 2.75) is 0 Å². The third-order valence-corrected chi connectivity index (χ3v) is 2.26. The predicted molar refractivity (Wildman–Crippen MR) is 54.3 cm³/mol. The first-order valence-corrected chi connectivity index (χ1v) is 5.03. The van der Waals surface area contributed by atoms with Crippen LogP contribution in [0.5, 0.6) is 0 Å². The van der Waals surface area contributed by atoms with Crippen LogP contribution in [0.4, 0.5) is 5.69 Å². The van der Waals surface area contributed by atoms with Gasteiger partial charge in [-0.15, -0.1) is 0 Å². The minimum atomic E-state index is -2.29. The summed E-state index contributed by atoms with van der Waals surface area (Å²) in [4.78, 5) is 3.95. The Bertz CT molecular complexity index is 482. The zero-order chi connectivity index (χ0) is 9.97. The molecule has 2 rings (SSSR count). The molecule has 4 nitrogen and oxygen atoms in total. The molecule has 0 aliphatic heterocycles. The highest BCUT2D eigenvalue weighted by atomic mass is 32.2. The Kier molecular flexibility index (Phi) is 2.43. The minimum absolute atomic E-state index is 0.568. The van der Waals surface area contributed by atoms with Gasteiger partial charge in [0.15, 0.2) is 0 Å². The molecule has 0 aliphatic carbocycles. The zero-order valence-corrected chi connectivity index (χ0v) is 7.95. The van der Waals surface area contributed by atoms with Gasteiger partial charge < -0.3 is 9.27 Å². The molecule has 2 aromatic rings. The van der Waals surface area contributed by atoms with Crippen molar-refractivity contribution in [2.75, 3.05) is 4.72 Å². The van der Waals surface area contributed by atoms with Gasteiger partial charge in [0, 0.05) is 34.4 Å². The van der Waals surface area contributed by atoms with E-state index in [1.54, 1.807) is 30.6 Å². The zero-order valence-electron chi connectivity index (χ0n) is 7.14. The second-order valence-corrected chi connectivity index (χ2v) is 3.41. The Morgan fingerprint density at radius 2 is 2.21 bits per heavy atom. The van der Waals surface area contributed by atoms with E-state index in [1.165, 1.54) is 0 Å². The van der Waals surface area contributed by atoms with Crippen molar-refractivity contribution in [3.8, 4) is 0 Å². The van der Waals surface area contributed by atoms with Gasteiger partial charge in [-0.05, 0) is 12.1 Å². The summed E-state index contributed by atoms with van der Waals surface area (Å²) in [7, 11) is 0. The van der Waals surface area contributed by atoms with Gasteiger partial charge >= 0.3 is 0 Å². The molecule has 1 aromatic heterocycles. The van der Waals surface area contributed by atoms with Crippen LogP contribution < -0.4 is 4.72 Å². The molecule has 5 heteroatoms. The molecule has 1 heterocycles. The summed E-state index contributed by atoms with van der Waals surface area (Å²) < 4.78 is 23.3. The fourth-order valence-electron chi connectivity index (χ4n) is 1.30. The Morgan fingerprint density at radius 1 is 1.36 bits per heavy atom. The van der Waals surface area contributed by atoms with Crippen molar-refractivity contribution in [2.24, 2.45) is 0 Å². The molecular formula is C9H7N2O2S-. The van der Waals surface area contributed by atoms with Crippen LogP contribution in [0, 0.1) is 0 Å². The molecule has 0 saturated heterocycles. The van der Waals surface area contributed by atoms with E-state index in [0.29, 0.717) is 5.69 Å². The second kappa shape index (κ2) is 3.73. The van der Waals surface area contributed by atoms with E-state index < -0.39 is 11.3 Å². The summed E-state index contributed by atoms with van der Waals surface area (Å²) >= 11 is -2.29. The molecule has 0 radical (unpaired) electrons. The van der Waals surface area contributed by atoms with Gasteiger partial charge in [0.1, 0.15) is 0 Å². The topological polar surface area (TPSA) is 65.0 Å². The number of pyridine rings is 1. The predicted octanol–water partition coefficient (Wildman–Crippen LogP) is 1.44. The van der Waals surface area contributed by atoms with Crippen molar-refractivity contribution in [1.29, 1.82) is 0 Å². The SMILES string of the molecule is O=S([O-])Nc1cccc2cnccc12. The monoisotopic (exact) mass is 207 g/mol. The lowest BCUT2D eigenvalue weighted by atomic mass is 10.1. The van der Waals surface area contributed by atoms with Crippen molar-refractivity contribution >= 4 is 27.7 Å². The molecular weight excluding hydrogens is 200 g/mol. The van der Waals surface area contributed by atoms with Crippen molar-refractivity contribution < 1.29 is 8.76 Å². The second-order valence-electron chi connectivity index (χ2n) is 2.74. The molecule has 1 unspecified atom stereocenters. The first-order valence-electron chi connectivity index (χ1n) is 3.96. The number of hydrogen-bond donors (Lipinski definition) is 1. The summed E-state index contributed by atoms with van der Waals surface area (Å²) in [5.74, 6) is 0. The maximum Gasteiger partial charge on any atom is 0.0532 e. The van der Waals surface area contributed by atoms with E-state index in [1.807, 2.05) is 6.07 Å². The van der Waals surface area contributed by atoms with E-state index in [0.717, 1.165) is 10.8 Å². The molecule has 0 amide bonds. The molecule has 1 N–H and O–H groups in total. The number of benzene rings is 1. The molecule has 14 heavy (non-hydrogen) atoms. The van der Waals surface area contributed by atoms with Gasteiger partial charge in [-0.2, -0.15) is 0 Å². The van der Waals surface area contributed by atoms with Gasteiger partial charge in [-0.3, -0.25) is 9.19 Å². The number of aromatic nitrogens is 1. The number of nitrogens with zero attached hydrogens (tertiary/aromatic N) is 1. The molecule has 0 spiro atoms. The van der Waals surface area contributed by atoms with E-state index in [9.17, 15) is 8.76 Å². The average Bonchev–Trinajstić information content (AvgIpc) is 2.18. The quantitative estimate of drug-likeness (QED) is 0.758. The van der Waals surface area contributed by atoms with Crippen LogP contribution in [-0.4, -0.2) is 13.7 Å². The molecule has 0 bridgehead atoms. The molecule has 0 saturated carbocycles. The van der Waals surface area contributed by atoms with Crippen LogP contribution in [0.1, 0.15) is 0 Å². The maximum absolute atomic E-state index is 10.5. The van der Waals surface area contributed by atoms with Gasteiger partial charge in [0.25, 0.3) is 0 Å². The average molecular weight is 207 g/mol. The van der Waals surface area contributed by atoms with E-state index in [4.69, 9.17) is 0 Å². The Labute approximate surface area is 83.4 Å². The Hall–Kier alpha value is -1.46. The van der Waals surface area contributed by atoms with Crippen LogP contribution >= 0.6 is 0 Å². The smallest absolute Gasteiger partial charge is 0.0532 e. The van der Waals surface area contributed by atoms with Crippen LogP contribution in [0.3, 0.4) is 0 Å². The first-order chi connectivity index (χ1) is 6.77. The summed E-state index contributed by atoms with van der Waals surface area (Å²) in [6.45, 7) is 0. The highest BCUT2D eigenvalue weighted by Gasteiger charge is 1.98. The minimum Gasteiger partial charge on any atom is -0.755 e. The number of anilines is 1. The lowest BCUT2D eigenvalue weighted by Gasteiger charge is -2.10. The lowest BCUT2D eigenvalue weighted by molar-refractivity contribution is 0.542. The third kappa shape index (κ3) is 1.73. The van der Waals surface area contributed by atoms with Crippen molar-refractivity contribution in [3.63, 3.8) is 0 Å². The van der Waals surface area contributed by atoms with Gasteiger partial charge in [0.05, 0.1) is 5.69 Å². The summed E-state index contributed by atoms with van der Waals surface area (Å²) in [5.41, 5.74) is 0.568. The molecule has 1 aromatic carbocycles. The maximum atomic E-state index is 10.5. The normalized spacial score (nSPS) is 12.6.